The summed E-state index contributed by atoms with van der Waals surface area (Å²) >= 11 is 5.79. The smallest absolute Gasteiger partial charge is 0.346 e. The van der Waals surface area contributed by atoms with Gasteiger partial charge in [0.15, 0.2) is 0 Å². The van der Waals surface area contributed by atoms with Crippen molar-refractivity contribution in [3.8, 4) is 0 Å². The van der Waals surface area contributed by atoms with Gasteiger partial charge < -0.3 is 10.2 Å². The summed E-state index contributed by atoms with van der Waals surface area (Å²) in [6, 6.07) is 4.05. The minimum atomic E-state index is -3.65. The number of benzene rings is 1. The lowest BCUT2D eigenvalue weighted by atomic mass is 9.98. The van der Waals surface area contributed by atoms with Crippen LogP contribution in [0, 0.1) is 0 Å². The lowest BCUT2D eigenvalue weighted by Crippen LogP contribution is -2.52. The van der Waals surface area contributed by atoms with Gasteiger partial charge >= 0.3 is 5.92 Å². The first-order valence-corrected chi connectivity index (χ1v) is 10.5. The maximum Gasteiger partial charge on any atom is 0.346 e. The fourth-order valence-electron chi connectivity index (χ4n) is 4.05. The Morgan fingerprint density at radius 3 is 2.66 bits per heavy atom. The number of nitrogens with zero attached hydrogens (tertiary/aromatic N) is 1. The van der Waals surface area contributed by atoms with Crippen LogP contribution in [0.1, 0.15) is 47.2 Å². The van der Waals surface area contributed by atoms with E-state index in [-0.39, 0.29) is 56.2 Å². The standard InChI is InChI=1S/C22H20ClF2N3O4/c23-15-4-2-14(3-5-15)22(24,25)21(32)26-10-12-1-6-16-13(9-12)11-28(20(16)31)17-7-8-18(29)27-19(17)30/h1-2,4,6,9,17H,3,5,7-8,10-11H2,(H,26,32)(H,27,29,30). The molecule has 1 aromatic carbocycles. The van der Waals surface area contributed by atoms with E-state index in [1.807, 2.05) is 0 Å². The molecule has 1 unspecified atom stereocenters. The maximum atomic E-state index is 14.5. The van der Waals surface area contributed by atoms with Crippen LogP contribution in [0.2, 0.25) is 0 Å². The third-order valence-electron chi connectivity index (χ3n) is 5.83. The van der Waals surface area contributed by atoms with Gasteiger partial charge in [-0.2, -0.15) is 8.78 Å². The highest BCUT2D eigenvalue weighted by Crippen LogP contribution is 2.33. The Morgan fingerprint density at radius 1 is 1.19 bits per heavy atom. The van der Waals surface area contributed by atoms with E-state index in [4.69, 9.17) is 11.6 Å². The summed E-state index contributed by atoms with van der Waals surface area (Å²) in [5.41, 5.74) is 1.30. The van der Waals surface area contributed by atoms with Crippen LogP contribution in [0.3, 0.4) is 0 Å². The number of amides is 4. The monoisotopic (exact) mass is 463 g/mol. The van der Waals surface area contributed by atoms with Crippen LogP contribution in [0.4, 0.5) is 8.78 Å². The number of rotatable bonds is 5. The fraction of sp³-hybridized carbons (Fsp3) is 0.364. The van der Waals surface area contributed by atoms with E-state index >= 15 is 0 Å². The van der Waals surface area contributed by atoms with Gasteiger partial charge in [0.1, 0.15) is 6.04 Å². The second-order valence-electron chi connectivity index (χ2n) is 7.95. The van der Waals surface area contributed by atoms with E-state index in [1.165, 1.54) is 17.1 Å². The first-order chi connectivity index (χ1) is 15.2. The summed E-state index contributed by atoms with van der Waals surface area (Å²) in [4.78, 5) is 49.7. The zero-order chi connectivity index (χ0) is 23.0. The van der Waals surface area contributed by atoms with Crippen LogP contribution in [0.15, 0.2) is 41.0 Å². The van der Waals surface area contributed by atoms with Gasteiger partial charge in [0.05, 0.1) is 0 Å². The summed E-state index contributed by atoms with van der Waals surface area (Å²) < 4.78 is 28.9. The molecule has 10 heteroatoms. The minimum Gasteiger partial charge on any atom is -0.346 e. The fourth-order valence-corrected chi connectivity index (χ4v) is 4.21. The van der Waals surface area contributed by atoms with Gasteiger partial charge in [0.2, 0.25) is 11.8 Å². The van der Waals surface area contributed by atoms with Gasteiger partial charge in [0.25, 0.3) is 11.8 Å². The molecule has 0 radical (unpaired) electrons. The largest absolute Gasteiger partial charge is 0.346 e. The molecule has 2 N–H and O–H groups in total. The van der Waals surface area contributed by atoms with E-state index in [0.717, 1.165) is 0 Å². The van der Waals surface area contributed by atoms with Gasteiger partial charge in [-0.05, 0) is 42.5 Å². The molecule has 0 saturated carbocycles. The Labute approximate surface area is 187 Å². The Hall–Kier alpha value is -3.07. The predicted molar refractivity (Wildman–Crippen MR) is 111 cm³/mol. The van der Waals surface area contributed by atoms with Crippen molar-refractivity contribution in [1.29, 1.82) is 0 Å². The first kappa shape index (κ1) is 22.1. The quantitative estimate of drug-likeness (QED) is 0.656. The molecule has 0 spiro atoms. The second kappa shape index (κ2) is 8.46. The highest BCUT2D eigenvalue weighted by Gasteiger charge is 2.43. The van der Waals surface area contributed by atoms with Crippen molar-refractivity contribution < 1.29 is 28.0 Å². The van der Waals surface area contributed by atoms with E-state index in [0.29, 0.717) is 21.7 Å². The number of allylic oxidation sites excluding steroid dienone is 3. The van der Waals surface area contributed by atoms with E-state index < -0.39 is 23.8 Å². The van der Waals surface area contributed by atoms with Gasteiger partial charge in [0, 0.05) is 35.7 Å². The lowest BCUT2D eigenvalue weighted by molar-refractivity contribution is -0.141. The normalized spacial score (nSPS) is 21.0. The molecular formula is C22H20ClF2N3O4. The molecule has 168 valence electrons. The average molecular weight is 464 g/mol. The molecule has 1 aliphatic carbocycles. The van der Waals surface area contributed by atoms with Crippen LogP contribution < -0.4 is 10.6 Å². The van der Waals surface area contributed by atoms with E-state index in [1.54, 1.807) is 18.2 Å². The van der Waals surface area contributed by atoms with Crippen molar-refractivity contribution in [2.75, 3.05) is 0 Å². The van der Waals surface area contributed by atoms with Crippen molar-refractivity contribution in [1.82, 2.24) is 15.5 Å². The number of carbonyl (C=O) groups is 4. The number of alkyl halides is 2. The van der Waals surface area contributed by atoms with E-state index in [2.05, 4.69) is 10.6 Å². The Balaban J connectivity index is 1.42. The molecule has 32 heavy (non-hydrogen) atoms. The number of hydrogen-bond donors (Lipinski definition) is 2. The molecule has 2 aliphatic heterocycles. The molecule has 1 fully saturated rings. The predicted octanol–water partition coefficient (Wildman–Crippen LogP) is 2.54. The molecule has 1 atom stereocenters. The molecule has 1 aromatic rings. The SMILES string of the molecule is O=C1CCC(N2Cc3cc(CNC(=O)C(F)(F)C4=CC=C(Cl)CC4)ccc3C2=O)C(=O)N1. The molecule has 4 rings (SSSR count). The van der Waals surface area contributed by atoms with Gasteiger partial charge in [-0.25, -0.2) is 0 Å². The molecule has 2 heterocycles. The molecule has 7 nitrogen and oxygen atoms in total. The van der Waals surface area contributed by atoms with Gasteiger partial charge in [-0.1, -0.05) is 29.8 Å². The Bertz CT molecular complexity index is 1080. The maximum absolute atomic E-state index is 14.5. The van der Waals surface area contributed by atoms with Crippen LogP contribution in [0.25, 0.3) is 0 Å². The highest BCUT2D eigenvalue weighted by molar-refractivity contribution is 6.29. The summed E-state index contributed by atoms with van der Waals surface area (Å²) in [6.07, 6.45) is 3.22. The van der Waals surface area contributed by atoms with E-state index in [9.17, 15) is 28.0 Å². The van der Waals surface area contributed by atoms with Crippen molar-refractivity contribution in [2.24, 2.45) is 0 Å². The average Bonchev–Trinajstić information content (AvgIpc) is 3.08. The Kier molecular flexibility index (Phi) is 5.85. The molecule has 1 saturated heterocycles. The molecule has 0 aromatic heterocycles. The number of piperidine rings is 1. The lowest BCUT2D eigenvalue weighted by Gasteiger charge is -2.29. The summed E-state index contributed by atoms with van der Waals surface area (Å²) in [5, 5.41) is 4.95. The van der Waals surface area contributed by atoms with Gasteiger partial charge in [-0.3, -0.25) is 24.5 Å². The second-order valence-corrected chi connectivity index (χ2v) is 8.44. The zero-order valence-electron chi connectivity index (χ0n) is 16.9. The minimum absolute atomic E-state index is 0.00683. The number of fused-ring (bicyclic) bond motifs is 1. The first-order valence-electron chi connectivity index (χ1n) is 10.1. The zero-order valence-corrected chi connectivity index (χ0v) is 17.7. The van der Waals surface area contributed by atoms with Gasteiger partial charge in [-0.15, -0.1) is 0 Å². The van der Waals surface area contributed by atoms with Crippen molar-refractivity contribution in [2.45, 2.75) is 50.7 Å². The highest BCUT2D eigenvalue weighted by atomic mass is 35.5. The van der Waals surface area contributed by atoms with Crippen LogP contribution >= 0.6 is 11.6 Å². The van der Waals surface area contributed by atoms with Crippen molar-refractivity contribution in [3.05, 3.63) is 57.6 Å². The Morgan fingerprint density at radius 2 is 1.97 bits per heavy atom. The molecule has 4 amide bonds. The third kappa shape index (κ3) is 4.17. The van der Waals surface area contributed by atoms with Crippen molar-refractivity contribution in [3.63, 3.8) is 0 Å². The molecule has 3 aliphatic rings. The number of carbonyl (C=O) groups excluding carboxylic acids is 4. The van der Waals surface area contributed by atoms with Crippen LogP contribution in [-0.4, -0.2) is 40.5 Å². The number of halogens is 3. The number of nitrogens with one attached hydrogen (secondary N) is 2. The van der Waals surface area contributed by atoms with Crippen LogP contribution in [0.5, 0.6) is 0 Å². The van der Waals surface area contributed by atoms with Crippen molar-refractivity contribution >= 4 is 35.2 Å². The third-order valence-corrected chi connectivity index (χ3v) is 6.14. The summed E-state index contributed by atoms with van der Waals surface area (Å²) in [5.74, 6) is -6.26. The number of imide groups is 1. The number of hydrogen-bond acceptors (Lipinski definition) is 4. The molecular weight excluding hydrogens is 444 g/mol. The topological polar surface area (TPSA) is 95.6 Å². The summed E-state index contributed by atoms with van der Waals surface area (Å²) in [6.45, 7) is 0.0244. The molecule has 0 bridgehead atoms. The van der Waals surface area contributed by atoms with Crippen LogP contribution in [-0.2, 0) is 27.5 Å². The summed E-state index contributed by atoms with van der Waals surface area (Å²) in [7, 11) is 0.